The van der Waals surface area contributed by atoms with Crippen molar-refractivity contribution in [2.45, 2.75) is 40.0 Å². The number of hydrogen-bond donors (Lipinski definition) is 1. The number of likely N-dealkylation sites (tertiary alicyclic amines) is 1. The number of aromatic nitrogens is 1. The summed E-state index contributed by atoms with van der Waals surface area (Å²) in [6.45, 7) is 8.50. The van der Waals surface area contributed by atoms with E-state index in [1.54, 1.807) is 28.9 Å². The summed E-state index contributed by atoms with van der Waals surface area (Å²) >= 11 is 1.69. The van der Waals surface area contributed by atoms with Crippen molar-refractivity contribution >= 4 is 35.5 Å². The molecule has 2 aliphatic heterocycles. The van der Waals surface area contributed by atoms with Crippen molar-refractivity contribution in [2.24, 2.45) is 5.41 Å². The van der Waals surface area contributed by atoms with E-state index in [9.17, 15) is 9.59 Å². The van der Waals surface area contributed by atoms with E-state index in [4.69, 9.17) is 0 Å². The van der Waals surface area contributed by atoms with E-state index in [1.807, 2.05) is 39.1 Å². The van der Waals surface area contributed by atoms with Crippen molar-refractivity contribution in [1.29, 1.82) is 0 Å². The summed E-state index contributed by atoms with van der Waals surface area (Å²) in [5.41, 5.74) is 1.58. The third kappa shape index (κ3) is 5.70. The van der Waals surface area contributed by atoms with Gasteiger partial charge in [-0.25, -0.2) is 4.98 Å². The second kappa shape index (κ2) is 10.5. The molecule has 1 aromatic rings. The molecule has 2 aliphatic rings. The summed E-state index contributed by atoms with van der Waals surface area (Å²) < 4.78 is 0. The number of piperidine rings is 1. The number of nitrogens with one attached hydrogen (secondary N) is 1. The highest BCUT2D eigenvalue weighted by molar-refractivity contribution is 8.06. The van der Waals surface area contributed by atoms with Gasteiger partial charge in [0.15, 0.2) is 0 Å². The first kappa shape index (κ1) is 24.3. The lowest BCUT2D eigenvalue weighted by atomic mass is 9.71. The minimum absolute atomic E-state index is 0.0547. The topological polar surface area (TPSA) is 65.5 Å². The molecule has 1 spiro atoms. The van der Waals surface area contributed by atoms with Crippen LogP contribution in [-0.2, 0) is 16.0 Å². The number of rotatable bonds is 6. The Balaban J connectivity index is 1.67. The van der Waals surface area contributed by atoms with Gasteiger partial charge in [0.05, 0.1) is 12.0 Å². The number of thioether (sulfide) groups is 1. The maximum absolute atomic E-state index is 12.8. The highest BCUT2D eigenvalue weighted by atomic mass is 32.2. The van der Waals surface area contributed by atoms with Gasteiger partial charge in [0.25, 0.3) is 0 Å². The zero-order valence-electron chi connectivity index (χ0n) is 19.8. The summed E-state index contributed by atoms with van der Waals surface area (Å²) in [6.07, 6.45) is 11.6. The van der Waals surface area contributed by atoms with Crippen LogP contribution >= 0.6 is 11.8 Å². The highest BCUT2D eigenvalue weighted by Crippen LogP contribution is 2.40. The molecule has 2 amide bonds. The SMILES string of the molecule is C/C=C(\C)S/C(=C/C)CN(C)C(=O)/C=C/c1cnc2c(c1)CC1(CCN(C)CC1)C(=O)N2. The molecule has 172 valence electrons. The number of likely N-dealkylation sites (N-methyl/N-ethyl adjacent to an activating group) is 1. The minimum atomic E-state index is -0.342. The molecule has 7 heteroatoms. The number of nitrogens with zero attached hydrogens (tertiary/aromatic N) is 3. The fraction of sp³-hybridized carbons (Fsp3) is 0.480. The van der Waals surface area contributed by atoms with Crippen LogP contribution in [0.4, 0.5) is 5.82 Å². The molecule has 0 aromatic carbocycles. The zero-order chi connectivity index (χ0) is 23.3. The lowest BCUT2D eigenvalue weighted by Gasteiger charge is -2.42. The number of carbonyl (C=O) groups excluding carboxylic acids is 2. The van der Waals surface area contributed by atoms with Gasteiger partial charge in [0.1, 0.15) is 5.82 Å². The first-order chi connectivity index (χ1) is 15.3. The van der Waals surface area contributed by atoms with Gasteiger partial charge in [-0.3, -0.25) is 9.59 Å². The van der Waals surface area contributed by atoms with Crippen LogP contribution in [0, 0.1) is 5.41 Å². The molecule has 0 radical (unpaired) electrons. The Morgan fingerprint density at radius 1 is 1.31 bits per heavy atom. The lowest BCUT2D eigenvalue weighted by Crippen LogP contribution is -2.49. The average molecular weight is 455 g/mol. The largest absolute Gasteiger partial charge is 0.337 e. The summed E-state index contributed by atoms with van der Waals surface area (Å²) in [5, 5.41) is 3.01. The standard InChI is InChI=1S/C25H34N4O2S/c1-6-18(3)32-21(7-2)17-29(5)22(30)9-8-19-14-20-15-25(10-12-28(4)13-11-25)24(31)27-23(20)26-16-19/h6-9,14,16H,10-13,15,17H2,1-5H3,(H,26,27,31)/b9-8+,18-6+,21-7+. The van der Waals surface area contributed by atoms with Crippen LogP contribution < -0.4 is 5.32 Å². The van der Waals surface area contributed by atoms with Crippen LogP contribution in [-0.4, -0.2) is 60.3 Å². The Bertz CT molecular complexity index is 959. The van der Waals surface area contributed by atoms with Gasteiger partial charge in [0.2, 0.25) is 11.8 Å². The second-order valence-corrected chi connectivity index (χ2v) is 10.1. The van der Waals surface area contributed by atoms with Gasteiger partial charge in [0, 0.05) is 24.2 Å². The molecule has 0 aliphatic carbocycles. The molecule has 0 bridgehead atoms. The molecule has 3 heterocycles. The van der Waals surface area contributed by atoms with Crippen LogP contribution in [0.2, 0.25) is 0 Å². The first-order valence-corrected chi connectivity index (χ1v) is 12.0. The van der Waals surface area contributed by atoms with Gasteiger partial charge in [-0.1, -0.05) is 23.9 Å². The number of allylic oxidation sites excluding steroid dienone is 3. The molecular weight excluding hydrogens is 420 g/mol. The van der Waals surface area contributed by atoms with Gasteiger partial charge < -0.3 is 15.1 Å². The zero-order valence-corrected chi connectivity index (χ0v) is 20.6. The fourth-order valence-corrected chi connectivity index (χ4v) is 4.96. The third-order valence-corrected chi connectivity index (χ3v) is 7.57. The molecule has 0 unspecified atom stereocenters. The average Bonchev–Trinajstić information content (AvgIpc) is 2.79. The molecule has 32 heavy (non-hydrogen) atoms. The number of hydrogen-bond acceptors (Lipinski definition) is 5. The van der Waals surface area contributed by atoms with E-state index in [0.717, 1.165) is 42.0 Å². The van der Waals surface area contributed by atoms with Crippen LogP contribution in [0.5, 0.6) is 0 Å². The summed E-state index contributed by atoms with van der Waals surface area (Å²) in [4.78, 5) is 36.2. The Labute approximate surface area is 195 Å². The van der Waals surface area contributed by atoms with E-state index < -0.39 is 0 Å². The molecule has 0 saturated carbocycles. The monoisotopic (exact) mass is 454 g/mol. The Kier molecular flexibility index (Phi) is 7.96. The van der Waals surface area contributed by atoms with Crippen molar-refractivity contribution < 1.29 is 9.59 Å². The van der Waals surface area contributed by atoms with Crippen LogP contribution in [0.3, 0.4) is 0 Å². The molecule has 1 aromatic heterocycles. The number of amides is 2. The predicted molar refractivity (Wildman–Crippen MR) is 133 cm³/mol. The van der Waals surface area contributed by atoms with Crippen LogP contribution in [0.15, 0.2) is 40.3 Å². The van der Waals surface area contributed by atoms with Crippen molar-refractivity contribution in [3.63, 3.8) is 0 Å². The van der Waals surface area contributed by atoms with Crippen LogP contribution in [0.1, 0.15) is 44.7 Å². The molecule has 0 atom stereocenters. The van der Waals surface area contributed by atoms with E-state index >= 15 is 0 Å². The fourth-order valence-electron chi connectivity index (χ4n) is 4.06. The summed E-state index contributed by atoms with van der Waals surface area (Å²) in [7, 11) is 3.91. The van der Waals surface area contributed by atoms with Gasteiger partial charge in [-0.15, -0.1) is 0 Å². The normalized spacial score (nSPS) is 19.2. The smallest absolute Gasteiger partial charge is 0.246 e. The van der Waals surface area contributed by atoms with Gasteiger partial charge in [-0.2, -0.15) is 0 Å². The molecule has 6 nitrogen and oxygen atoms in total. The van der Waals surface area contributed by atoms with Crippen molar-refractivity contribution in [3.8, 4) is 0 Å². The first-order valence-electron chi connectivity index (χ1n) is 11.1. The van der Waals surface area contributed by atoms with Gasteiger partial charge in [-0.05, 0) is 88.3 Å². The van der Waals surface area contributed by atoms with E-state index in [2.05, 4.69) is 35.2 Å². The number of fused-ring (bicyclic) bond motifs is 1. The summed E-state index contributed by atoms with van der Waals surface area (Å²) in [5.74, 6) is 0.687. The Hall–Kier alpha value is -2.38. The summed E-state index contributed by atoms with van der Waals surface area (Å²) in [6, 6.07) is 2.05. The highest BCUT2D eigenvalue weighted by Gasteiger charge is 2.44. The molecule has 1 saturated heterocycles. The van der Waals surface area contributed by atoms with Crippen LogP contribution in [0.25, 0.3) is 6.08 Å². The van der Waals surface area contributed by atoms with Crippen molar-refractivity contribution in [1.82, 2.24) is 14.8 Å². The van der Waals surface area contributed by atoms with Crippen molar-refractivity contribution in [2.75, 3.05) is 39.0 Å². The molecule has 3 rings (SSSR count). The molecule has 1 fully saturated rings. The number of carbonyl (C=O) groups is 2. The third-order valence-electron chi connectivity index (χ3n) is 6.38. The van der Waals surface area contributed by atoms with E-state index in [1.165, 1.54) is 4.91 Å². The minimum Gasteiger partial charge on any atom is -0.337 e. The van der Waals surface area contributed by atoms with E-state index in [0.29, 0.717) is 18.8 Å². The predicted octanol–water partition coefficient (Wildman–Crippen LogP) is 4.32. The second-order valence-electron chi connectivity index (χ2n) is 8.77. The maximum Gasteiger partial charge on any atom is 0.246 e. The number of pyridine rings is 1. The van der Waals surface area contributed by atoms with Crippen molar-refractivity contribution in [3.05, 3.63) is 51.4 Å². The van der Waals surface area contributed by atoms with E-state index in [-0.39, 0.29) is 17.2 Å². The molecule has 1 N–H and O–H groups in total. The number of anilines is 1. The quantitative estimate of drug-likeness (QED) is 0.649. The lowest BCUT2D eigenvalue weighted by molar-refractivity contribution is -0.128. The molecular formula is C25H34N4O2S. The van der Waals surface area contributed by atoms with Gasteiger partial charge >= 0.3 is 0 Å². The maximum atomic E-state index is 12.8. The Morgan fingerprint density at radius 2 is 2.03 bits per heavy atom. The Morgan fingerprint density at radius 3 is 2.69 bits per heavy atom.